The van der Waals surface area contributed by atoms with Gasteiger partial charge in [-0.1, -0.05) is 36.9 Å². The second kappa shape index (κ2) is 7.99. The quantitative estimate of drug-likeness (QED) is 0.696. The molecule has 0 saturated carbocycles. The molecule has 0 saturated heterocycles. The van der Waals surface area contributed by atoms with E-state index in [1.165, 1.54) is 11.8 Å². The molecule has 0 fully saturated rings. The second-order valence-corrected chi connectivity index (χ2v) is 3.84. The van der Waals surface area contributed by atoms with Gasteiger partial charge in [-0.15, -0.1) is 11.8 Å². The molecule has 74 valence electrons. The Hall–Kier alpha value is -0.220. The summed E-state index contributed by atoms with van der Waals surface area (Å²) >= 11 is 1.37. The van der Waals surface area contributed by atoms with Crippen LogP contribution in [-0.2, 0) is 4.79 Å². The topological polar surface area (TPSA) is 37.3 Å². The smallest absolute Gasteiger partial charge is 0.481 e. The third kappa shape index (κ3) is 6.05. The molecule has 0 aromatic heterocycles. The zero-order valence-electron chi connectivity index (χ0n) is 8.77. The van der Waals surface area contributed by atoms with Crippen LogP contribution in [0.2, 0.25) is 0 Å². The van der Waals surface area contributed by atoms with Crippen molar-refractivity contribution in [3.8, 4) is 0 Å². The van der Waals surface area contributed by atoms with Crippen molar-refractivity contribution >= 4 is 23.3 Å². The van der Waals surface area contributed by atoms with Crippen molar-refractivity contribution in [1.29, 1.82) is 0 Å². The number of rotatable bonds is 5. The maximum absolute atomic E-state index is 10.3. The monoisotopic (exact) mass is 231 g/mol. The van der Waals surface area contributed by atoms with E-state index in [4.69, 9.17) is 5.11 Å². The van der Waals surface area contributed by atoms with Gasteiger partial charge < -0.3 is 5.11 Å². The van der Waals surface area contributed by atoms with Crippen molar-refractivity contribution in [2.45, 2.75) is 0 Å². The number of aliphatic carboxylic acids is 1. The predicted molar refractivity (Wildman–Crippen MR) is 60.4 cm³/mol. The van der Waals surface area contributed by atoms with Gasteiger partial charge in [0.1, 0.15) is 0 Å². The van der Waals surface area contributed by atoms with Crippen LogP contribution in [0.15, 0.2) is 36.9 Å². The molecule has 15 heavy (non-hydrogen) atoms. The van der Waals surface area contributed by atoms with Crippen LogP contribution in [0.25, 0.3) is 5.57 Å². The van der Waals surface area contributed by atoms with Gasteiger partial charge in [0.15, 0.2) is 0 Å². The first-order valence-electron chi connectivity index (χ1n) is 4.23. The number of hydrogen-bond donors (Lipinski definition) is 1. The molecule has 0 aliphatic carbocycles. The Kier molecular flexibility index (Phi) is 7.88. The number of benzene rings is 1. The first kappa shape index (κ1) is 14.8. The van der Waals surface area contributed by atoms with Gasteiger partial charge in [0, 0.05) is 5.75 Å². The van der Waals surface area contributed by atoms with Crippen LogP contribution >= 0.6 is 11.8 Å². The molecule has 0 heterocycles. The van der Waals surface area contributed by atoms with Crippen LogP contribution in [0.5, 0.6) is 0 Å². The van der Waals surface area contributed by atoms with Gasteiger partial charge in [-0.3, -0.25) is 4.79 Å². The molecule has 1 rings (SSSR count). The summed E-state index contributed by atoms with van der Waals surface area (Å²) in [5, 5.41) is 8.45. The van der Waals surface area contributed by atoms with Crippen LogP contribution in [0.1, 0.15) is 5.56 Å². The van der Waals surface area contributed by atoms with Crippen molar-refractivity contribution in [3.05, 3.63) is 42.5 Å². The van der Waals surface area contributed by atoms with Crippen molar-refractivity contribution in [2.24, 2.45) is 0 Å². The van der Waals surface area contributed by atoms with Gasteiger partial charge >= 0.3 is 35.5 Å². The Morgan fingerprint density at radius 1 is 1.27 bits per heavy atom. The fourth-order valence-corrected chi connectivity index (χ4v) is 1.71. The van der Waals surface area contributed by atoms with Crippen molar-refractivity contribution in [2.75, 3.05) is 11.5 Å². The first-order chi connectivity index (χ1) is 6.70. The van der Waals surface area contributed by atoms with Crippen LogP contribution in [0, 0.1) is 0 Å². The van der Waals surface area contributed by atoms with E-state index in [0.29, 0.717) is 5.75 Å². The summed E-state index contributed by atoms with van der Waals surface area (Å²) in [5.74, 6) is 0.0122. The number of thioether (sulfide) groups is 1. The summed E-state index contributed by atoms with van der Waals surface area (Å²) in [4.78, 5) is 10.3. The maximum atomic E-state index is 10.3. The maximum Gasteiger partial charge on any atom is 1.00 e. The summed E-state index contributed by atoms with van der Waals surface area (Å²) in [6.07, 6.45) is 0. The number of carboxylic acids is 1. The molecular weight excluding hydrogens is 219 g/mol. The molecule has 1 N–H and O–H groups in total. The van der Waals surface area contributed by atoms with E-state index in [2.05, 4.69) is 6.58 Å². The minimum Gasteiger partial charge on any atom is -0.481 e. The van der Waals surface area contributed by atoms with Gasteiger partial charge in [0.2, 0.25) is 0 Å². The number of hydrogen-bond acceptors (Lipinski definition) is 2. The van der Waals surface area contributed by atoms with E-state index in [9.17, 15) is 4.79 Å². The van der Waals surface area contributed by atoms with Gasteiger partial charge in [0.05, 0.1) is 5.75 Å². The third-order valence-electron chi connectivity index (χ3n) is 1.68. The van der Waals surface area contributed by atoms with Crippen LogP contribution in [0.3, 0.4) is 0 Å². The van der Waals surface area contributed by atoms with Crippen LogP contribution in [0.4, 0.5) is 0 Å². The van der Waals surface area contributed by atoms with E-state index >= 15 is 0 Å². The molecule has 0 atom stereocenters. The van der Waals surface area contributed by atoms with Crippen molar-refractivity contribution in [1.82, 2.24) is 0 Å². The second-order valence-electron chi connectivity index (χ2n) is 2.86. The molecule has 0 unspecified atom stereocenters. The summed E-state index contributed by atoms with van der Waals surface area (Å²) in [7, 11) is 0. The molecule has 0 aliphatic heterocycles. The fraction of sp³-hybridized carbons (Fsp3) is 0.182. The Morgan fingerprint density at radius 2 is 1.87 bits per heavy atom. The van der Waals surface area contributed by atoms with Crippen LogP contribution < -0.4 is 29.6 Å². The SMILES string of the molecule is C=C(CSCC(=O)O)c1ccccc1.[Na+]. The Labute approximate surface area is 116 Å². The standard InChI is InChI=1S/C11H12O2S.Na/c1-9(7-14-8-11(12)13)10-5-3-2-4-6-10;/h2-6H,1,7-8H2,(H,12,13);/q;+1. The fourth-order valence-electron chi connectivity index (χ4n) is 1.02. The Balaban J connectivity index is 0.00000196. The third-order valence-corrected chi connectivity index (χ3v) is 2.69. The zero-order valence-corrected chi connectivity index (χ0v) is 11.6. The number of carbonyl (C=O) groups is 1. The molecular formula is C11H12NaO2S+. The van der Waals surface area contributed by atoms with E-state index in [1.54, 1.807) is 0 Å². The van der Waals surface area contributed by atoms with Crippen molar-refractivity contribution < 1.29 is 39.5 Å². The largest absolute Gasteiger partial charge is 1.00 e. The predicted octanol–water partition coefficient (Wildman–Crippen LogP) is -0.478. The normalized spacial score (nSPS) is 9.07. The Bertz CT molecular complexity index is 325. The zero-order chi connectivity index (χ0) is 10.4. The van der Waals surface area contributed by atoms with Gasteiger partial charge in [-0.25, -0.2) is 0 Å². The summed E-state index contributed by atoms with van der Waals surface area (Å²) in [6, 6.07) is 9.79. The van der Waals surface area contributed by atoms with E-state index in [1.807, 2.05) is 30.3 Å². The van der Waals surface area contributed by atoms with Crippen molar-refractivity contribution in [3.63, 3.8) is 0 Å². The van der Waals surface area contributed by atoms with E-state index in [0.717, 1.165) is 11.1 Å². The summed E-state index contributed by atoms with van der Waals surface area (Å²) in [6.45, 7) is 3.91. The molecule has 0 bridgehead atoms. The van der Waals surface area contributed by atoms with Gasteiger partial charge in [-0.05, 0) is 11.1 Å². The van der Waals surface area contributed by atoms with Gasteiger partial charge in [-0.2, -0.15) is 0 Å². The van der Waals surface area contributed by atoms with E-state index < -0.39 is 5.97 Å². The molecule has 4 heteroatoms. The summed E-state index contributed by atoms with van der Waals surface area (Å²) < 4.78 is 0. The minimum atomic E-state index is -0.782. The van der Waals surface area contributed by atoms with Crippen LogP contribution in [-0.4, -0.2) is 22.6 Å². The Morgan fingerprint density at radius 3 is 2.40 bits per heavy atom. The minimum absolute atomic E-state index is 0. The molecule has 0 aliphatic rings. The average molecular weight is 231 g/mol. The average Bonchev–Trinajstić information content (AvgIpc) is 2.18. The first-order valence-corrected chi connectivity index (χ1v) is 5.38. The molecule has 0 spiro atoms. The molecule has 0 radical (unpaired) electrons. The molecule has 2 nitrogen and oxygen atoms in total. The summed E-state index contributed by atoms with van der Waals surface area (Å²) in [5.41, 5.74) is 2.04. The van der Waals surface area contributed by atoms with E-state index in [-0.39, 0.29) is 35.3 Å². The molecule has 0 amide bonds. The molecule has 1 aromatic rings. The number of carboxylic acid groups (broad SMARTS) is 1. The van der Waals surface area contributed by atoms with Gasteiger partial charge in [0.25, 0.3) is 0 Å². The molecule has 1 aromatic carbocycles.